The molecule has 0 bridgehead atoms. The fourth-order valence-electron chi connectivity index (χ4n) is 4.16. The van der Waals surface area contributed by atoms with Gasteiger partial charge in [0.25, 0.3) is 0 Å². The number of rotatable bonds is 4. The van der Waals surface area contributed by atoms with Crippen LogP contribution in [0, 0.1) is 23.7 Å². The highest BCUT2D eigenvalue weighted by Gasteiger charge is 2.50. The first-order chi connectivity index (χ1) is 11.3. The fourth-order valence-corrected chi connectivity index (χ4v) is 4.16. The standard InChI is InChI=1S/C21H30O3/c1-7-13(5)9-20(23)24-19-11-16(12(3)4)21-15(8-2)18(22)10-17(21)14(19)6/h8-9,12,16-17,19,21H,6-7,10-11H2,1-5H3/b13-9+,15-8+/t16-,17-,19+,21+/m0/s1. The average molecular weight is 330 g/mol. The van der Waals surface area contributed by atoms with Crippen LogP contribution >= 0.6 is 0 Å². The number of ketones is 1. The topological polar surface area (TPSA) is 43.4 Å². The Morgan fingerprint density at radius 2 is 2.08 bits per heavy atom. The summed E-state index contributed by atoms with van der Waals surface area (Å²) in [6.07, 6.45) is 5.35. The summed E-state index contributed by atoms with van der Waals surface area (Å²) in [7, 11) is 0. The normalized spacial score (nSPS) is 32.4. The Morgan fingerprint density at radius 1 is 1.42 bits per heavy atom. The molecule has 0 heterocycles. The van der Waals surface area contributed by atoms with Crippen LogP contribution in [0.4, 0.5) is 0 Å². The lowest BCUT2D eigenvalue weighted by Crippen LogP contribution is -2.39. The minimum Gasteiger partial charge on any atom is -0.455 e. The first-order valence-corrected chi connectivity index (χ1v) is 9.05. The molecule has 0 aromatic carbocycles. The van der Waals surface area contributed by atoms with Gasteiger partial charge in [0, 0.05) is 12.5 Å². The van der Waals surface area contributed by atoms with Crippen LogP contribution in [-0.4, -0.2) is 17.9 Å². The number of carbonyl (C=O) groups is 2. The van der Waals surface area contributed by atoms with Gasteiger partial charge in [0.2, 0.25) is 0 Å². The summed E-state index contributed by atoms with van der Waals surface area (Å²) in [6, 6.07) is 0. The second-order valence-corrected chi connectivity index (χ2v) is 7.49. The SMILES string of the molecule is C=C1[C@H](OC(=O)/C=C(\C)CC)C[C@@H](C(C)C)[C@H]2/C(=C/C)C(=O)C[C@@H]12. The monoisotopic (exact) mass is 330 g/mol. The molecule has 3 nitrogen and oxygen atoms in total. The molecule has 0 spiro atoms. The minimum absolute atomic E-state index is 0.110. The summed E-state index contributed by atoms with van der Waals surface area (Å²) in [5.74, 6) is 1.05. The molecule has 2 rings (SSSR count). The van der Waals surface area contributed by atoms with E-state index in [1.54, 1.807) is 6.08 Å². The Labute approximate surface area is 145 Å². The Morgan fingerprint density at radius 3 is 2.62 bits per heavy atom. The van der Waals surface area contributed by atoms with E-state index in [0.29, 0.717) is 18.3 Å². The van der Waals surface area contributed by atoms with Crippen LogP contribution in [-0.2, 0) is 14.3 Å². The molecular formula is C21H30O3. The lowest BCUT2D eigenvalue weighted by Gasteiger charge is -2.41. The van der Waals surface area contributed by atoms with Crippen molar-refractivity contribution in [3.05, 3.63) is 35.5 Å². The number of allylic oxidation sites excluding steroid dienone is 3. The predicted molar refractivity (Wildman–Crippen MR) is 96.4 cm³/mol. The maximum Gasteiger partial charge on any atom is 0.331 e. The van der Waals surface area contributed by atoms with Crippen molar-refractivity contribution in [1.82, 2.24) is 0 Å². The zero-order chi connectivity index (χ0) is 18.0. The van der Waals surface area contributed by atoms with Gasteiger partial charge in [0.15, 0.2) is 5.78 Å². The Hall–Kier alpha value is -1.64. The third-order valence-electron chi connectivity index (χ3n) is 5.70. The second-order valence-electron chi connectivity index (χ2n) is 7.49. The summed E-state index contributed by atoms with van der Waals surface area (Å²) in [4.78, 5) is 24.5. The molecule has 0 aromatic heterocycles. The summed E-state index contributed by atoms with van der Waals surface area (Å²) in [5, 5.41) is 0. The van der Waals surface area contributed by atoms with Crippen molar-refractivity contribution in [2.45, 2.75) is 60.0 Å². The molecule has 3 heteroatoms. The van der Waals surface area contributed by atoms with E-state index < -0.39 is 0 Å². The number of esters is 1. The molecule has 0 aromatic rings. The zero-order valence-electron chi connectivity index (χ0n) is 15.6. The van der Waals surface area contributed by atoms with Crippen molar-refractivity contribution in [3.63, 3.8) is 0 Å². The Balaban J connectivity index is 2.24. The van der Waals surface area contributed by atoms with Gasteiger partial charge >= 0.3 is 5.97 Å². The number of Topliss-reactive ketones (excluding diaryl/α,β-unsaturated/α-hetero) is 1. The largest absolute Gasteiger partial charge is 0.455 e. The van der Waals surface area contributed by atoms with Crippen LogP contribution in [0.1, 0.15) is 53.9 Å². The molecule has 2 saturated carbocycles. The highest BCUT2D eigenvalue weighted by Crippen LogP contribution is 2.51. The van der Waals surface area contributed by atoms with Gasteiger partial charge in [-0.1, -0.05) is 39.0 Å². The summed E-state index contributed by atoms with van der Waals surface area (Å²) >= 11 is 0. The third kappa shape index (κ3) is 3.55. The van der Waals surface area contributed by atoms with E-state index in [1.165, 1.54) is 0 Å². The molecule has 0 N–H and O–H groups in total. The number of fused-ring (bicyclic) bond motifs is 1. The van der Waals surface area contributed by atoms with Gasteiger partial charge in [0.05, 0.1) is 0 Å². The first-order valence-electron chi connectivity index (χ1n) is 9.05. The number of ether oxygens (including phenoxy) is 1. The molecule has 0 unspecified atom stereocenters. The van der Waals surface area contributed by atoms with Crippen molar-refractivity contribution in [1.29, 1.82) is 0 Å². The Bertz CT molecular complexity index is 594. The fraction of sp³-hybridized carbons (Fsp3) is 0.619. The molecule has 132 valence electrons. The lowest BCUT2D eigenvalue weighted by atomic mass is 9.65. The van der Waals surface area contributed by atoms with E-state index in [2.05, 4.69) is 20.4 Å². The van der Waals surface area contributed by atoms with Gasteiger partial charge in [0.1, 0.15) is 6.10 Å². The molecule has 2 fully saturated rings. The van der Waals surface area contributed by atoms with Crippen molar-refractivity contribution in [3.8, 4) is 0 Å². The third-order valence-corrected chi connectivity index (χ3v) is 5.70. The quantitative estimate of drug-likeness (QED) is 0.428. The van der Waals surface area contributed by atoms with Crippen molar-refractivity contribution in [2.24, 2.45) is 23.7 Å². The van der Waals surface area contributed by atoms with Crippen LogP contribution in [0.2, 0.25) is 0 Å². The van der Waals surface area contributed by atoms with E-state index in [9.17, 15) is 9.59 Å². The number of carbonyl (C=O) groups excluding carboxylic acids is 2. The molecule has 0 amide bonds. The van der Waals surface area contributed by atoms with Gasteiger partial charge in [-0.2, -0.15) is 0 Å². The van der Waals surface area contributed by atoms with E-state index in [-0.39, 0.29) is 29.7 Å². The van der Waals surface area contributed by atoms with Gasteiger partial charge in [-0.05, 0) is 61.5 Å². The lowest BCUT2D eigenvalue weighted by molar-refractivity contribution is -0.143. The van der Waals surface area contributed by atoms with Crippen LogP contribution < -0.4 is 0 Å². The van der Waals surface area contributed by atoms with Crippen molar-refractivity contribution < 1.29 is 14.3 Å². The molecular weight excluding hydrogens is 300 g/mol. The van der Waals surface area contributed by atoms with Gasteiger partial charge in [-0.25, -0.2) is 4.79 Å². The minimum atomic E-state index is -0.294. The molecule has 24 heavy (non-hydrogen) atoms. The summed E-state index contributed by atoms with van der Waals surface area (Å²) < 4.78 is 5.72. The molecule has 0 saturated heterocycles. The molecule has 4 atom stereocenters. The zero-order valence-corrected chi connectivity index (χ0v) is 15.6. The van der Waals surface area contributed by atoms with E-state index in [4.69, 9.17) is 4.74 Å². The van der Waals surface area contributed by atoms with E-state index >= 15 is 0 Å². The molecule has 0 radical (unpaired) electrons. The maximum atomic E-state index is 12.4. The molecule has 2 aliphatic carbocycles. The number of hydrogen-bond acceptors (Lipinski definition) is 3. The van der Waals surface area contributed by atoms with E-state index in [1.807, 2.05) is 26.8 Å². The van der Waals surface area contributed by atoms with Crippen LogP contribution in [0.3, 0.4) is 0 Å². The molecule has 0 aliphatic heterocycles. The molecule has 2 aliphatic rings. The summed E-state index contributed by atoms with van der Waals surface area (Å²) in [5.41, 5.74) is 2.87. The highest BCUT2D eigenvalue weighted by atomic mass is 16.5. The summed E-state index contributed by atoms with van der Waals surface area (Å²) in [6.45, 7) is 14.5. The van der Waals surface area contributed by atoms with Crippen molar-refractivity contribution >= 4 is 11.8 Å². The predicted octanol–water partition coefficient (Wildman–Crippen LogP) is 4.64. The smallest absolute Gasteiger partial charge is 0.331 e. The van der Waals surface area contributed by atoms with Crippen LogP contribution in [0.15, 0.2) is 35.5 Å². The second kappa shape index (κ2) is 7.50. The van der Waals surface area contributed by atoms with Crippen LogP contribution in [0.25, 0.3) is 0 Å². The van der Waals surface area contributed by atoms with Gasteiger partial charge in [-0.3, -0.25) is 4.79 Å². The van der Waals surface area contributed by atoms with Crippen LogP contribution in [0.5, 0.6) is 0 Å². The Kier molecular flexibility index (Phi) is 5.84. The average Bonchev–Trinajstić information content (AvgIpc) is 2.86. The maximum absolute atomic E-state index is 12.4. The highest BCUT2D eigenvalue weighted by molar-refractivity contribution is 5.99. The number of hydrogen-bond donors (Lipinski definition) is 0. The first kappa shape index (κ1) is 18.7. The van der Waals surface area contributed by atoms with Gasteiger partial charge in [-0.15, -0.1) is 0 Å². The van der Waals surface area contributed by atoms with Gasteiger partial charge < -0.3 is 4.74 Å². The van der Waals surface area contributed by atoms with E-state index in [0.717, 1.165) is 29.6 Å². The van der Waals surface area contributed by atoms with Crippen molar-refractivity contribution in [2.75, 3.05) is 0 Å².